The number of benzene rings is 3. The first kappa shape index (κ1) is 29.1. The highest BCUT2D eigenvalue weighted by atomic mass is 35.5. The van der Waals surface area contributed by atoms with E-state index in [2.05, 4.69) is 14.9 Å². The lowest BCUT2D eigenvalue weighted by molar-refractivity contribution is -0.137. The molecule has 3 aromatic rings. The van der Waals surface area contributed by atoms with Gasteiger partial charge in [0.1, 0.15) is 0 Å². The molecule has 0 spiro atoms. The lowest BCUT2D eigenvalue weighted by Gasteiger charge is -2.30. The van der Waals surface area contributed by atoms with E-state index in [1.807, 2.05) is 30.3 Å². The Morgan fingerprint density at radius 1 is 1.07 bits per heavy atom. The summed E-state index contributed by atoms with van der Waals surface area (Å²) in [4.78, 5) is 8.32. The Morgan fingerprint density at radius 3 is 2.33 bits per heavy atom. The minimum atomic E-state index is -4.63. The SMILES string of the molecule is CON/C(N)=N/C(=N\S(=O)(=O)c1ccc(C(F)(F)F)cc1)N1CCC(c2ccccc2)C(c2ccc(Cl)cc2)=N1. The summed E-state index contributed by atoms with van der Waals surface area (Å²) < 4.78 is 69.0. The van der Waals surface area contributed by atoms with Gasteiger partial charge >= 0.3 is 6.18 Å². The van der Waals surface area contributed by atoms with E-state index in [0.717, 1.165) is 23.3 Å². The minimum absolute atomic E-state index is 0.148. The van der Waals surface area contributed by atoms with E-state index in [1.165, 1.54) is 12.1 Å². The lowest BCUT2D eigenvalue weighted by atomic mass is 9.86. The van der Waals surface area contributed by atoms with Crippen LogP contribution in [0.2, 0.25) is 5.02 Å². The summed E-state index contributed by atoms with van der Waals surface area (Å²) in [5.41, 5.74) is 9.44. The molecule has 9 nitrogen and oxygen atoms in total. The van der Waals surface area contributed by atoms with Gasteiger partial charge < -0.3 is 5.73 Å². The standard InChI is InChI=1S/C26H24ClF3N6O3S/c1-39-34-24(31)32-25(35-40(37,38)21-13-9-19(10-14-21)26(28,29)30)36-16-15-22(17-5-3-2-4-6-17)23(33-36)18-7-11-20(27)12-8-18/h2-14,22H,15-16H2,1H3,(H3,31,32,34,35). The number of nitrogens with one attached hydrogen (secondary N) is 1. The number of sulfonamides is 1. The Morgan fingerprint density at radius 2 is 1.73 bits per heavy atom. The van der Waals surface area contributed by atoms with Crippen molar-refractivity contribution in [1.82, 2.24) is 10.5 Å². The van der Waals surface area contributed by atoms with Crippen LogP contribution in [0.15, 0.2) is 98.2 Å². The second-order valence-corrected chi connectivity index (χ2v) is 10.6. The molecular weight excluding hydrogens is 569 g/mol. The summed E-state index contributed by atoms with van der Waals surface area (Å²) in [5, 5.41) is 6.51. The maximum atomic E-state index is 13.1. The normalized spacial score (nSPS) is 17.0. The van der Waals surface area contributed by atoms with Crippen molar-refractivity contribution < 1.29 is 26.4 Å². The number of hydrazone groups is 1. The lowest BCUT2D eigenvalue weighted by Crippen LogP contribution is -2.38. The highest BCUT2D eigenvalue weighted by Gasteiger charge is 2.32. The number of alkyl halides is 3. The maximum absolute atomic E-state index is 13.1. The second-order valence-electron chi connectivity index (χ2n) is 8.56. The molecule has 1 heterocycles. The monoisotopic (exact) mass is 592 g/mol. The molecular formula is C26H24ClF3N6O3S. The molecule has 1 atom stereocenters. The van der Waals surface area contributed by atoms with Gasteiger partial charge in [-0.2, -0.15) is 31.7 Å². The molecule has 1 aliphatic heterocycles. The van der Waals surface area contributed by atoms with Crippen LogP contribution in [0.4, 0.5) is 13.2 Å². The maximum Gasteiger partial charge on any atom is 0.416 e. The molecule has 210 valence electrons. The fourth-order valence-corrected chi connectivity index (χ4v) is 5.07. The van der Waals surface area contributed by atoms with Crippen molar-refractivity contribution in [1.29, 1.82) is 0 Å². The van der Waals surface area contributed by atoms with Crippen LogP contribution in [0.3, 0.4) is 0 Å². The number of rotatable bonds is 5. The van der Waals surface area contributed by atoms with Crippen LogP contribution in [-0.2, 0) is 21.0 Å². The molecule has 40 heavy (non-hydrogen) atoms. The van der Waals surface area contributed by atoms with Crippen LogP contribution < -0.4 is 11.2 Å². The molecule has 0 bridgehead atoms. The third kappa shape index (κ3) is 6.97. The van der Waals surface area contributed by atoms with Crippen LogP contribution in [0.25, 0.3) is 0 Å². The topological polar surface area (TPSA) is 122 Å². The molecule has 4 rings (SSSR count). The van der Waals surface area contributed by atoms with E-state index in [9.17, 15) is 21.6 Å². The summed E-state index contributed by atoms with van der Waals surface area (Å²) in [6, 6.07) is 19.6. The van der Waals surface area contributed by atoms with Crippen LogP contribution in [0, 0.1) is 0 Å². The van der Waals surface area contributed by atoms with Gasteiger partial charge in [0.05, 0.1) is 23.3 Å². The minimum Gasteiger partial charge on any atom is -0.368 e. The Hall–Kier alpha value is -3.94. The highest BCUT2D eigenvalue weighted by Crippen LogP contribution is 2.32. The predicted octanol–water partition coefficient (Wildman–Crippen LogP) is 4.76. The summed E-state index contributed by atoms with van der Waals surface area (Å²) in [5.74, 6) is -0.887. The van der Waals surface area contributed by atoms with E-state index in [1.54, 1.807) is 24.3 Å². The van der Waals surface area contributed by atoms with E-state index in [-0.39, 0.29) is 18.4 Å². The van der Waals surface area contributed by atoms with Gasteiger partial charge in [-0.1, -0.05) is 54.1 Å². The fraction of sp³-hybridized carbons (Fsp3) is 0.192. The van der Waals surface area contributed by atoms with Gasteiger partial charge in [-0.3, -0.25) is 4.84 Å². The summed E-state index contributed by atoms with van der Waals surface area (Å²) in [7, 11) is -3.25. The Labute approximate surface area is 233 Å². The zero-order chi connectivity index (χ0) is 28.9. The largest absolute Gasteiger partial charge is 0.416 e. The van der Waals surface area contributed by atoms with Crippen LogP contribution >= 0.6 is 11.6 Å². The number of nitrogens with zero attached hydrogens (tertiary/aromatic N) is 4. The van der Waals surface area contributed by atoms with Crippen molar-refractivity contribution in [3.8, 4) is 0 Å². The molecule has 0 saturated carbocycles. The van der Waals surface area contributed by atoms with Crippen LogP contribution in [0.5, 0.6) is 0 Å². The van der Waals surface area contributed by atoms with Gasteiger partial charge in [0.2, 0.25) is 5.96 Å². The number of aliphatic imine (C=N–C) groups is 1. The number of hydrogen-bond acceptors (Lipinski definition) is 4. The van der Waals surface area contributed by atoms with Crippen LogP contribution in [0.1, 0.15) is 29.0 Å². The van der Waals surface area contributed by atoms with Gasteiger partial charge in [0, 0.05) is 17.5 Å². The first-order chi connectivity index (χ1) is 19.0. The van der Waals surface area contributed by atoms with Gasteiger partial charge in [-0.05, 0) is 53.9 Å². The third-order valence-electron chi connectivity index (χ3n) is 5.87. The number of guanidine groups is 2. The smallest absolute Gasteiger partial charge is 0.368 e. The van der Waals surface area contributed by atoms with E-state index < -0.39 is 32.6 Å². The van der Waals surface area contributed by atoms with Crippen molar-refractivity contribution in [3.63, 3.8) is 0 Å². The Bertz CT molecular complexity index is 1530. The molecule has 0 fully saturated rings. The van der Waals surface area contributed by atoms with Gasteiger partial charge in [-0.25, -0.2) is 10.5 Å². The van der Waals surface area contributed by atoms with Gasteiger partial charge in [0.15, 0.2) is 0 Å². The fourth-order valence-electron chi connectivity index (χ4n) is 4.01. The molecule has 0 radical (unpaired) electrons. The van der Waals surface area contributed by atoms with Crippen molar-refractivity contribution in [2.24, 2.45) is 20.2 Å². The van der Waals surface area contributed by atoms with Crippen LogP contribution in [-0.4, -0.2) is 44.7 Å². The summed E-state index contributed by atoms with van der Waals surface area (Å²) in [6.07, 6.45) is -4.13. The van der Waals surface area contributed by atoms with E-state index >= 15 is 0 Å². The molecule has 1 aliphatic rings. The molecule has 0 aliphatic carbocycles. The average Bonchev–Trinajstić information content (AvgIpc) is 2.93. The Kier molecular flexibility index (Phi) is 8.76. The first-order valence-corrected chi connectivity index (χ1v) is 13.6. The van der Waals surface area contributed by atoms with Crippen molar-refractivity contribution in [3.05, 3.63) is 101 Å². The van der Waals surface area contributed by atoms with E-state index in [4.69, 9.17) is 27.3 Å². The Balaban J connectivity index is 1.81. The first-order valence-electron chi connectivity index (χ1n) is 11.8. The van der Waals surface area contributed by atoms with Crippen molar-refractivity contribution in [2.75, 3.05) is 13.7 Å². The third-order valence-corrected chi connectivity index (χ3v) is 7.39. The summed E-state index contributed by atoms with van der Waals surface area (Å²) in [6.45, 7) is 0.196. The van der Waals surface area contributed by atoms with Crippen molar-refractivity contribution >= 4 is 39.3 Å². The van der Waals surface area contributed by atoms with Gasteiger partial charge in [0.25, 0.3) is 16.0 Å². The quantitative estimate of drug-likeness (QED) is 0.250. The average molecular weight is 593 g/mol. The molecule has 0 amide bonds. The number of nitrogens with two attached hydrogens (primary N) is 1. The number of halogens is 4. The highest BCUT2D eigenvalue weighted by molar-refractivity contribution is 7.90. The van der Waals surface area contributed by atoms with Crippen molar-refractivity contribution in [2.45, 2.75) is 23.4 Å². The van der Waals surface area contributed by atoms with Gasteiger partial charge in [-0.15, -0.1) is 4.40 Å². The molecule has 14 heteroatoms. The molecule has 0 aromatic heterocycles. The molecule has 3 aromatic carbocycles. The van der Waals surface area contributed by atoms with E-state index in [0.29, 0.717) is 29.3 Å². The zero-order valence-corrected chi connectivity index (χ0v) is 22.6. The molecule has 1 unspecified atom stereocenters. The zero-order valence-electron chi connectivity index (χ0n) is 21.0. The number of hydrogen-bond donors (Lipinski definition) is 2. The molecule has 3 N–H and O–H groups in total. The second kappa shape index (κ2) is 12.1. The number of hydroxylamine groups is 1. The summed E-state index contributed by atoms with van der Waals surface area (Å²) >= 11 is 6.09. The predicted molar refractivity (Wildman–Crippen MR) is 146 cm³/mol. The molecule has 0 saturated heterocycles.